The number of carbonyl (C=O) groups excluding carboxylic acids is 1. The summed E-state index contributed by atoms with van der Waals surface area (Å²) in [6.45, 7) is 8.20. The summed E-state index contributed by atoms with van der Waals surface area (Å²) in [6.07, 6.45) is 0. The van der Waals surface area contributed by atoms with Gasteiger partial charge in [0.1, 0.15) is 11.3 Å². The molecular weight excluding hydrogens is 402 g/mol. The highest BCUT2D eigenvalue weighted by Gasteiger charge is 2.37. The number of benzene rings is 3. The molecule has 164 valence electrons. The SMILES string of the molecule is CCOC(=O)C1=C(/N=C(\C)OCC)Oc2ccc3ccccc3c2C1c1ccc(C)cc1. The van der Waals surface area contributed by atoms with Crippen molar-refractivity contribution in [2.75, 3.05) is 13.2 Å². The Labute approximate surface area is 188 Å². The molecule has 5 heteroatoms. The Morgan fingerprint density at radius 2 is 1.69 bits per heavy atom. The van der Waals surface area contributed by atoms with Crippen LogP contribution >= 0.6 is 0 Å². The van der Waals surface area contributed by atoms with Crippen LogP contribution in [0, 0.1) is 6.92 Å². The average molecular weight is 430 g/mol. The first-order valence-corrected chi connectivity index (χ1v) is 10.9. The third kappa shape index (κ3) is 4.11. The maximum Gasteiger partial charge on any atom is 0.340 e. The molecule has 0 spiro atoms. The predicted octanol–water partition coefficient (Wildman–Crippen LogP) is 5.90. The summed E-state index contributed by atoms with van der Waals surface area (Å²) in [6, 6.07) is 20.3. The van der Waals surface area contributed by atoms with E-state index in [0.717, 1.165) is 27.5 Å². The Hall–Kier alpha value is -3.60. The van der Waals surface area contributed by atoms with Gasteiger partial charge in [0.15, 0.2) is 5.90 Å². The zero-order valence-corrected chi connectivity index (χ0v) is 18.8. The molecule has 1 aliphatic heterocycles. The van der Waals surface area contributed by atoms with Gasteiger partial charge in [-0.15, -0.1) is 0 Å². The first-order valence-electron chi connectivity index (χ1n) is 10.9. The standard InChI is InChI=1S/C27H27NO4/c1-5-30-18(4)28-26-25(27(29)31-6-2)23(20-13-11-17(3)12-14-20)24-21-10-8-7-9-19(21)15-16-22(24)32-26/h7-16,23H,5-6H2,1-4H3/b28-18+. The fraction of sp³-hybridized carbons (Fsp3) is 0.259. The highest BCUT2D eigenvalue weighted by atomic mass is 16.5. The molecule has 0 radical (unpaired) electrons. The van der Waals surface area contributed by atoms with Crippen LogP contribution in [0.1, 0.15) is 43.4 Å². The number of aliphatic imine (C=N–C) groups is 1. The van der Waals surface area contributed by atoms with Crippen molar-refractivity contribution >= 4 is 22.6 Å². The van der Waals surface area contributed by atoms with Gasteiger partial charge in [0.25, 0.3) is 0 Å². The largest absolute Gasteiger partial charge is 0.481 e. The second-order valence-corrected chi connectivity index (χ2v) is 7.65. The smallest absolute Gasteiger partial charge is 0.340 e. The molecule has 3 aromatic carbocycles. The number of rotatable bonds is 5. The summed E-state index contributed by atoms with van der Waals surface area (Å²) in [7, 11) is 0. The first kappa shape index (κ1) is 21.6. The van der Waals surface area contributed by atoms with E-state index in [-0.39, 0.29) is 12.5 Å². The maximum atomic E-state index is 13.3. The second kappa shape index (κ2) is 9.27. The van der Waals surface area contributed by atoms with Crippen molar-refractivity contribution in [1.82, 2.24) is 0 Å². The van der Waals surface area contributed by atoms with Crippen LogP contribution in [-0.4, -0.2) is 25.1 Å². The zero-order valence-electron chi connectivity index (χ0n) is 18.8. The predicted molar refractivity (Wildman–Crippen MR) is 126 cm³/mol. The monoisotopic (exact) mass is 429 g/mol. The van der Waals surface area contributed by atoms with E-state index in [0.29, 0.717) is 23.8 Å². The van der Waals surface area contributed by atoms with Gasteiger partial charge in [0.2, 0.25) is 5.88 Å². The van der Waals surface area contributed by atoms with Crippen LogP contribution in [0.4, 0.5) is 0 Å². The van der Waals surface area contributed by atoms with E-state index in [1.54, 1.807) is 13.8 Å². The van der Waals surface area contributed by atoms with Gasteiger partial charge in [0.05, 0.1) is 19.1 Å². The van der Waals surface area contributed by atoms with Crippen LogP contribution in [0.3, 0.4) is 0 Å². The number of esters is 1. The summed E-state index contributed by atoms with van der Waals surface area (Å²) in [5.74, 6) is 0.474. The van der Waals surface area contributed by atoms with Crippen molar-refractivity contribution in [3.63, 3.8) is 0 Å². The van der Waals surface area contributed by atoms with Crippen molar-refractivity contribution in [3.05, 3.63) is 88.8 Å². The fourth-order valence-corrected chi connectivity index (χ4v) is 4.06. The summed E-state index contributed by atoms with van der Waals surface area (Å²) in [5.41, 5.74) is 3.42. The molecule has 0 aromatic heterocycles. The lowest BCUT2D eigenvalue weighted by molar-refractivity contribution is -0.139. The molecule has 1 atom stereocenters. The van der Waals surface area contributed by atoms with E-state index in [9.17, 15) is 4.79 Å². The van der Waals surface area contributed by atoms with Gasteiger partial charge in [-0.1, -0.05) is 60.2 Å². The van der Waals surface area contributed by atoms with Crippen LogP contribution in [0.5, 0.6) is 5.75 Å². The van der Waals surface area contributed by atoms with E-state index in [4.69, 9.17) is 14.2 Å². The van der Waals surface area contributed by atoms with Crippen LogP contribution in [0.2, 0.25) is 0 Å². The van der Waals surface area contributed by atoms with Crippen LogP contribution < -0.4 is 4.74 Å². The Bertz CT molecular complexity index is 1210. The third-order valence-corrected chi connectivity index (χ3v) is 5.46. The number of fused-ring (bicyclic) bond motifs is 3. The lowest BCUT2D eigenvalue weighted by atomic mass is 9.80. The van der Waals surface area contributed by atoms with Crippen molar-refractivity contribution < 1.29 is 19.0 Å². The van der Waals surface area contributed by atoms with Crippen molar-refractivity contribution in [1.29, 1.82) is 0 Å². The summed E-state index contributed by atoms with van der Waals surface area (Å²) >= 11 is 0. The van der Waals surface area contributed by atoms with Gasteiger partial charge in [-0.3, -0.25) is 0 Å². The topological polar surface area (TPSA) is 57.1 Å². The van der Waals surface area contributed by atoms with E-state index in [1.165, 1.54) is 0 Å². The molecule has 3 aromatic rings. The number of aryl methyl sites for hydroxylation is 1. The second-order valence-electron chi connectivity index (χ2n) is 7.65. The molecule has 0 aliphatic carbocycles. The van der Waals surface area contributed by atoms with E-state index < -0.39 is 11.9 Å². The fourth-order valence-electron chi connectivity index (χ4n) is 4.06. The molecule has 5 nitrogen and oxygen atoms in total. The minimum atomic E-state index is -0.445. The molecule has 32 heavy (non-hydrogen) atoms. The van der Waals surface area contributed by atoms with E-state index >= 15 is 0 Å². The normalized spacial score (nSPS) is 15.9. The van der Waals surface area contributed by atoms with Gasteiger partial charge in [-0.2, -0.15) is 4.99 Å². The lowest BCUT2D eigenvalue weighted by Gasteiger charge is -2.30. The number of nitrogens with zero attached hydrogens (tertiary/aromatic N) is 1. The molecule has 0 bridgehead atoms. The Balaban J connectivity index is 2.03. The molecule has 4 rings (SSSR count). The third-order valence-electron chi connectivity index (χ3n) is 5.46. The van der Waals surface area contributed by atoms with Gasteiger partial charge in [-0.05, 0) is 43.2 Å². The Morgan fingerprint density at radius 1 is 0.969 bits per heavy atom. The maximum absolute atomic E-state index is 13.3. The van der Waals surface area contributed by atoms with Crippen molar-refractivity contribution in [3.8, 4) is 5.75 Å². The minimum absolute atomic E-state index is 0.211. The van der Waals surface area contributed by atoms with Gasteiger partial charge in [0, 0.05) is 12.5 Å². The average Bonchev–Trinajstić information content (AvgIpc) is 2.79. The molecule has 1 aliphatic rings. The van der Waals surface area contributed by atoms with Gasteiger partial charge < -0.3 is 14.2 Å². The highest BCUT2D eigenvalue weighted by molar-refractivity contribution is 5.97. The van der Waals surface area contributed by atoms with E-state index in [2.05, 4.69) is 17.1 Å². The molecule has 1 unspecified atom stereocenters. The van der Waals surface area contributed by atoms with Crippen molar-refractivity contribution in [2.45, 2.75) is 33.6 Å². The molecule has 0 saturated carbocycles. The number of carbonyl (C=O) groups is 1. The van der Waals surface area contributed by atoms with Crippen LogP contribution in [0.25, 0.3) is 10.8 Å². The summed E-state index contributed by atoms with van der Waals surface area (Å²) in [4.78, 5) is 17.8. The van der Waals surface area contributed by atoms with Gasteiger partial charge >= 0.3 is 5.97 Å². The molecule has 0 amide bonds. The first-order chi connectivity index (χ1) is 15.5. The molecule has 0 fully saturated rings. The van der Waals surface area contributed by atoms with Gasteiger partial charge in [-0.25, -0.2) is 4.79 Å². The Kier molecular flexibility index (Phi) is 6.26. The molecule has 0 N–H and O–H groups in total. The van der Waals surface area contributed by atoms with Crippen molar-refractivity contribution in [2.24, 2.45) is 4.99 Å². The molecule has 1 heterocycles. The number of hydrogen-bond acceptors (Lipinski definition) is 5. The summed E-state index contributed by atoms with van der Waals surface area (Å²) < 4.78 is 17.2. The van der Waals surface area contributed by atoms with Crippen LogP contribution in [-0.2, 0) is 14.3 Å². The minimum Gasteiger partial charge on any atom is -0.481 e. The van der Waals surface area contributed by atoms with E-state index in [1.807, 2.05) is 62.4 Å². The number of hydrogen-bond donors (Lipinski definition) is 0. The molecular formula is C27H27NO4. The quantitative estimate of drug-likeness (QED) is 0.288. The zero-order chi connectivity index (χ0) is 22.7. The lowest BCUT2D eigenvalue weighted by Crippen LogP contribution is -2.24. The number of ether oxygens (including phenoxy) is 3. The Morgan fingerprint density at radius 3 is 2.41 bits per heavy atom. The molecule has 0 saturated heterocycles. The summed E-state index contributed by atoms with van der Waals surface area (Å²) in [5, 5.41) is 2.11. The highest BCUT2D eigenvalue weighted by Crippen LogP contribution is 2.47. The van der Waals surface area contributed by atoms with Crippen LogP contribution in [0.15, 0.2) is 77.1 Å².